The summed E-state index contributed by atoms with van der Waals surface area (Å²) in [6.07, 6.45) is 0. The summed E-state index contributed by atoms with van der Waals surface area (Å²) in [7, 11) is 0. The second kappa shape index (κ2) is 13.2. The molecular formula is C53H34N2S. The lowest BCUT2D eigenvalue weighted by molar-refractivity contribution is 0.723. The number of fused-ring (bicyclic) bond motifs is 9. The quantitative estimate of drug-likeness (QED) is 0.176. The fraction of sp³-hybridized carbons (Fsp3) is 0.0189. The second-order valence-corrected chi connectivity index (χ2v) is 15.5. The van der Waals surface area contributed by atoms with Crippen LogP contribution in [0.15, 0.2) is 216 Å². The summed E-state index contributed by atoms with van der Waals surface area (Å²) >= 11 is 1.88. The van der Waals surface area contributed by atoms with E-state index in [4.69, 9.17) is 9.97 Å². The first kappa shape index (κ1) is 32.6. The Hall–Kier alpha value is -6.81. The van der Waals surface area contributed by atoms with Crippen molar-refractivity contribution in [2.24, 2.45) is 0 Å². The number of rotatable bonds is 5. The first-order valence-electron chi connectivity index (χ1n) is 19.1. The smallest absolute Gasteiger partial charge is 0.161 e. The van der Waals surface area contributed by atoms with Gasteiger partial charge in [0.15, 0.2) is 5.82 Å². The van der Waals surface area contributed by atoms with E-state index >= 15 is 0 Å². The van der Waals surface area contributed by atoms with Gasteiger partial charge >= 0.3 is 0 Å². The molecule has 2 heterocycles. The Morgan fingerprint density at radius 1 is 0.321 bits per heavy atom. The molecule has 1 aromatic heterocycles. The Morgan fingerprint density at radius 2 is 0.804 bits per heavy atom. The second-order valence-electron chi connectivity index (χ2n) is 14.4. The third kappa shape index (κ3) is 5.05. The highest BCUT2D eigenvalue weighted by Gasteiger charge is 2.50. The summed E-state index contributed by atoms with van der Waals surface area (Å²) in [4.78, 5) is 13.2. The lowest BCUT2D eigenvalue weighted by atomic mass is 9.67. The van der Waals surface area contributed by atoms with Crippen LogP contribution in [0.5, 0.6) is 0 Å². The van der Waals surface area contributed by atoms with Crippen LogP contribution in [0.4, 0.5) is 0 Å². The molecule has 1 aliphatic carbocycles. The maximum Gasteiger partial charge on any atom is 0.161 e. The maximum absolute atomic E-state index is 5.38. The third-order valence-electron chi connectivity index (χ3n) is 11.4. The van der Waals surface area contributed by atoms with Crippen LogP contribution >= 0.6 is 11.8 Å². The number of nitrogens with zero attached hydrogens (tertiary/aromatic N) is 2. The molecular weight excluding hydrogens is 697 g/mol. The molecule has 3 heteroatoms. The van der Waals surface area contributed by atoms with E-state index in [1.54, 1.807) is 0 Å². The number of benzene rings is 8. The maximum atomic E-state index is 5.38. The summed E-state index contributed by atoms with van der Waals surface area (Å²) in [5.74, 6) is 0.701. The lowest BCUT2D eigenvalue weighted by Crippen LogP contribution is -2.32. The van der Waals surface area contributed by atoms with Crippen LogP contribution < -0.4 is 0 Å². The van der Waals surface area contributed by atoms with Gasteiger partial charge in [0.25, 0.3) is 0 Å². The van der Waals surface area contributed by atoms with E-state index in [0.717, 1.165) is 39.2 Å². The van der Waals surface area contributed by atoms with Gasteiger partial charge < -0.3 is 0 Å². The van der Waals surface area contributed by atoms with Crippen LogP contribution in [0.1, 0.15) is 22.3 Å². The standard InChI is InChI=1S/C53H34N2S/c1-3-17-35(18-4-1)37-21-15-22-38(33-37)49-34-48(36-19-5-2-6-20-36)54-52(55-49)43-26-8-7-23-39(43)42-27-16-31-47-51(42)56-50-32-14-13-30-46(50)53(47)44-28-11-9-24-40(44)41-25-10-12-29-45(41)53/h1-34H. The summed E-state index contributed by atoms with van der Waals surface area (Å²) in [5.41, 5.74) is 17.0. The van der Waals surface area contributed by atoms with E-state index in [-0.39, 0.29) is 0 Å². The molecule has 1 aliphatic heterocycles. The first-order chi connectivity index (χ1) is 27.8. The van der Waals surface area contributed by atoms with Gasteiger partial charge in [0.2, 0.25) is 0 Å². The topological polar surface area (TPSA) is 25.8 Å². The fourth-order valence-electron chi connectivity index (χ4n) is 8.96. The summed E-state index contributed by atoms with van der Waals surface area (Å²) in [6, 6.07) is 74.3. The molecule has 0 amide bonds. The normalized spacial score (nSPS) is 13.1. The Bertz CT molecular complexity index is 2910. The van der Waals surface area contributed by atoms with Crippen molar-refractivity contribution in [1.82, 2.24) is 9.97 Å². The zero-order valence-electron chi connectivity index (χ0n) is 30.4. The molecule has 0 saturated carbocycles. The molecule has 0 bridgehead atoms. The molecule has 8 aromatic carbocycles. The minimum atomic E-state index is -0.448. The van der Waals surface area contributed by atoms with Crippen LogP contribution in [0.2, 0.25) is 0 Å². The molecule has 2 aliphatic rings. The monoisotopic (exact) mass is 730 g/mol. The van der Waals surface area contributed by atoms with E-state index in [1.165, 1.54) is 54.3 Å². The van der Waals surface area contributed by atoms with Crippen LogP contribution in [0.25, 0.3) is 67.3 Å². The third-order valence-corrected chi connectivity index (χ3v) is 12.6. The number of aromatic nitrogens is 2. The van der Waals surface area contributed by atoms with Crippen molar-refractivity contribution in [3.8, 4) is 67.3 Å². The molecule has 11 rings (SSSR count). The molecule has 9 aromatic rings. The summed E-state index contributed by atoms with van der Waals surface area (Å²) in [6.45, 7) is 0. The zero-order valence-corrected chi connectivity index (χ0v) is 31.2. The first-order valence-corrected chi connectivity index (χ1v) is 19.9. The minimum absolute atomic E-state index is 0.448. The van der Waals surface area contributed by atoms with Gasteiger partial charge in [0, 0.05) is 26.5 Å². The molecule has 0 fully saturated rings. The van der Waals surface area contributed by atoms with E-state index < -0.39 is 5.41 Å². The highest BCUT2D eigenvalue weighted by Crippen LogP contribution is 2.63. The molecule has 262 valence electrons. The van der Waals surface area contributed by atoms with Crippen LogP contribution in [0.3, 0.4) is 0 Å². The van der Waals surface area contributed by atoms with Crippen LogP contribution in [-0.2, 0) is 5.41 Å². The zero-order chi connectivity index (χ0) is 37.1. The number of hydrogen-bond donors (Lipinski definition) is 0. The summed E-state index contributed by atoms with van der Waals surface area (Å²) in [5, 5.41) is 0. The molecule has 0 radical (unpaired) electrons. The highest BCUT2D eigenvalue weighted by molar-refractivity contribution is 7.99. The predicted octanol–water partition coefficient (Wildman–Crippen LogP) is 13.6. The fourth-order valence-corrected chi connectivity index (χ4v) is 10.3. The van der Waals surface area contributed by atoms with Gasteiger partial charge in [0.1, 0.15) is 0 Å². The Morgan fingerprint density at radius 3 is 1.52 bits per heavy atom. The van der Waals surface area contributed by atoms with Crippen molar-refractivity contribution in [2.75, 3.05) is 0 Å². The van der Waals surface area contributed by atoms with E-state index in [0.29, 0.717) is 5.82 Å². The number of hydrogen-bond acceptors (Lipinski definition) is 3. The van der Waals surface area contributed by atoms with Gasteiger partial charge in [-0.25, -0.2) is 9.97 Å². The Labute approximate surface area is 331 Å². The van der Waals surface area contributed by atoms with Crippen molar-refractivity contribution >= 4 is 11.8 Å². The predicted molar refractivity (Wildman–Crippen MR) is 231 cm³/mol. The molecule has 56 heavy (non-hydrogen) atoms. The largest absolute Gasteiger partial charge is 0.228 e. The molecule has 1 spiro atoms. The molecule has 0 N–H and O–H groups in total. The average molecular weight is 731 g/mol. The van der Waals surface area contributed by atoms with Gasteiger partial charge in [-0.05, 0) is 73.8 Å². The summed E-state index contributed by atoms with van der Waals surface area (Å²) < 4.78 is 0. The van der Waals surface area contributed by atoms with Crippen LogP contribution in [0, 0.1) is 0 Å². The minimum Gasteiger partial charge on any atom is -0.228 e. The Balaban J connectivity index is 1.14. The highest BCUT2D eigenvalue weighted by atomic mass is 32.2. The van der Waals surface area contributed by atoms with Crippen molar-refractivity contribution < 1.29 is 0 Å². The Kier molecular flexibility index (Phi) is 7.68. The van der Waals surface area contributed by atoms with Crippen molar-refractivity contribution in [1.29, 1.82) is 0 Å². The van der Waals surface area contributed by atoms with Gasteiger partial charge in [-0.1, -0.05) is 200 Å². The van der Waals surface area contributed by atoms with Gasteiger partial charge in [0.05, 0.1) is 16.8 Å². The van der Waals surface area contributed by atoms with E-state index in [2.05, 4.69) is 200 Å². The van der Waals surface area contributed by atoms with E-state index in [9.17, 15) is 0 Å². The van der Waals surface area contributed by atoms with Crippen molar-refractivity contribution in [2.45, 2.75) is 15.2 Å². The van der Waals surface area contributed by atoms with E-state index in [1.807, 2.05) is 17.8 Å². The van der Waals surface area contributed by atoms with Crippen molar-refractivity contribution in [3.05, 3.63) is 229 Å². The molecule has 0 unspecified atom stereocenters. The lowest BCUT2D eigenvalue weighted by Gasteiger charge is -2.40. The molecule has 0 saturated heterocycles. The van der Waals surface area contributed by atoms with Gasteiger partial charge in [-0.3, -0.25) is 0 Å². The molecule has 2 nitrogen and oxygen atoms in total. The van der Waals surface area contributed by atoms with Crippen LogP contribution in [-0.4, -0.2) is 9.97 Å². The SMILES string of the molecule is c1ccc(-c2cccc(-c3cc(-c4ccccc4)nc(-c4ccccc4-c4cccc5c4Sc4ccccc4C54c5ccccc5-c5ccccc54)n3)c2)cc1. The van der Waals surface area contributed by atoms with Gasteiger partial charge in [-0.15, -0.1) is 0 Å². The van der Waals surface area contributed by atoms with Gasteiger partial charge in [-0.2, -0.15) is 0 Å². The van der Waals surface area contributed by atoms with Crippen molar-refractivity contribution in [3.63, 3.8) is 0 Å². The molecule has 0 atom stereocenters. The average Bonchev–Trinajstić information content (AvgIpc) is 3.57.